The second-order valence-electron chi connectivity index (χ2n) is 3.66. The molecule has 2 aromatic rings. The van der Waals surface area contributed by atoms with Crippen LogP contribution in [0.15, 0.2) is 24.3 Å². The molecule has 2 rings (SSSR count). The number of halogens is 5. The molecule has 0 radical (unpaired) electrons. The summed E-state index contributed by atoms with van der Waals surface area (Å²) in [7, 11) is 0. The number of hydrogen-bond acceptors (Lipinski definition) is 3. The number of nitrogen functional groups attached to an aromatic ring is 1. The molecule has 1 heterocycles. The Morgan fingerprint density at radius 2 is 1.79 bits per heavy atom. The molecule has 0 bridgehead atoms. The van der Waals surface area contributed by atoms with E-state index in [1.807, 2.05) is 0 Å². The molecular weight excluding hydrogens is 286 g/mol. The average Bonchev–Trinajstić information content (AvgIpc) is 2.30. The molecule has 0 unspecified atom stereocenters. The van der Waals surface area contributed by atoms with E-state index in [0.29, 0.717) is 0 Å². The van der Waals surface area contributed by atoms with E-state index in [2.05, 4.69) is 10.2 Å². The van der Waals surface area contributed by atoms with E-state index in [-0.39, 0.29) is 16.3 Å². The summed E-state index contributed by atoms with van der Waals surface area (Å²) in [5.41, 5.74) is 3.13. The Labute approximate surface area is 110 Å². The normalized spacial score (nSPS) is 11.6. The minimum atomic E-state index is -4.71. The van der Waals surface area contributed by atoms with Gasteiger partial charge in [0.1, 0.15) is 5.82 Å². The summed E-state index contributed by atoms with van der Waals surface area (Å²) in [6, 6.07) is 4.52. The maximum Gasteiger partial charge on any atom is 0.437 e. The van der Waals surface area contributed by atoms with Gasteiger partial charge in [-0.05, 0) is 24.3 Å². The van der Waals surface area contributed by atoms with E-state index in [1.165, 1.54) is 12.1 Å². The van der Waals surface area contributed by atoms with E-state index in [9.17, 15) is 17.6 Å². The Morgan fingerprint density at radius 1 is 1.11 bits per heavy atom. The van der Waals surface area contributed by atoms with Crippen LogP contribution in [0, 0.1) is 5.82 Å². The second kappa shape index (κ2) is 4.65. The highest BCUT2D eigenvalue weighted by atomic mass is 35.5. The first-order chi connectivity index (χ1) is 8.79. The Bertz CT molecular complexity index is 628. The van der Waals surface area contributed by atoms with Crippen molar-refractivity contribution in [3.63, 3.8) is 0 Å². The molecule has 19 heavy (non-hydrogen) atoms. The summed E-state index contributed by atoms with van der Waals surface area (Å²) in [4.78, 5) is 0. The zero-order chi connectivity index (χ0) is 14.2. The Kier molecular flexibility index (Phi) is 3.32. The lowest BCUT2D eigenvalue weighted by Gasteiger charge is -2.09. The third-order valence-corrected chi connectivity index (χ3v) is 2.53. The number of benzene rings is 1. The molecule has 0 aliphatic rings. The lowest BCUT2D eigenvalue weighted by Crippen LogP contribution is -2.13. The van der Waals surface area contributed by atoms with Gasteiger partial charge in [0.15, 0.2) is 5.69 Å². The molecule has 0 saturated heterocycles. The molecule has 0 aliphatic heterocycles. The standard InChI is InChI=1S/C11H6ClF4N3/c12-5-1-2-7(13)6(3-5)9-4-8(17)10(19-18-9)11(14,15)16/h1-4H,(H2,17,18). The van der Waals surface area contributed by atoms with Gasteiger partial charge in [-0.2, -0.15) is 13.2 Å². The predicted molar refractivity (Wildman–Crippen MR) is 61.9 cm³/mol. The van der Waals surface area contributed by atoms with Crippen LogP contribution in [0.2, 0.25) is 5.02 Å². The van der Waals surface area contributed by atoms with Gasteiger partial charge in [-0.3, -0.25) is 0 Å². The zero-order valence-corrected chi connectivity index (χ0v) is 9.93. The van der Waals surface area contributed by atoms with Gasteiger partial charge in [-0.25, -0.2) is 4.39 Å². The first-order valence-corrected chi connectivity index (χ1v) is 5.32. The predicted octanol–water partition coefficient (Wildman–Crippen LogP) is 3.54. The van der Waals surface area contributed by atoms with E-state index in [0.717, 1.165) is 12.1 Å². The zero-order valence-electron chi connectivity index (χ0n) is 9.17. The fourth-order valence-electron chi connectivity index (χ4n) is 1.45. The number of hydrogen-bond donors (Lipinski definition) is 1. The highest BCUT2D eigenvalue weighted by Gasteiger charge is 2.35. The molecule has 8 heteroatoms. The van der Waals surface area contributed by atoms with Crippen molar-refractivity contribution in [1.82, 2.24) is 10.2 Å². The van der Waals surface area contributed by atoms with Crippen LogP contribution in [0.3, 0.4) is 0 Å². The fourth-order valence-corrected chi connectivity index (χ4v) is 1.62. The third-order valence-electron chi connectivity index (χ3n) is 2.30. The number of nitrogens with zero attached hydrogens (tertiary/aromatic N) is 2. The highest BCUT2D eigenvalue weighted by molar-refractivity contribution is 6.30. The summed E-state index contributed by atoms with van der Waals surface area (Å²) in [6.45, 7) is 0. The van der Waals surface area contributed by atoms with Gasteiger partial charge in [0.25, 0.3) is 0 Å². The van der Waals surface area contributed by atoms with E-state index in [1.54, 1.807) is 0 Å². The van der Waals surface area contributed by atoms with Crippen LogP contribution in [-0.2, 0) is 6.18 Å². The van der Waals surface area contributed by atoms with Crippen molar-refractivity contribution in [2.24, 2.45) is 0 Å². The summed E-state index contributed by atoms with van der Waals surface area (Å²) in [6.07, 6.45) is -4.71. The molecule has 100 valence electrons. The van der Waals surface area contributed by atoms with Crippen molar-refractivity contribution in [3.05, 3.63) is 40.8 Å². The van der Waals surface area contributed by atoms with Crippen molar-refractivity contribution in [1.29, 1.82) is 0 Å². The van der Waals surface area contributed by atoms with Crippen LogP contribution in [0.5, 0.6) is 0 Å². The lowest BCUT2D eigenvalue weighted by atomic mass is 10.1. The first-order valence-electron chi connectivity index (χ1n) is 4.95. The molecule has 1 aromatic carbocycles. The van der Waals surface area contributed by atoms with Gasteiger partial charge in [0.05, 0.1) is 11.4 Å². The minimum Gasteiger partial charge on any atom is -0.397 e. The molecule has 0 atom stereocenters. The van der Waals surface area contributed by atoms with Gasteiger partial charge in [0.2, 0.25) is 0 Å². The average molecular weight is 292 g/mol. The molecule has 2 N–H and O–H groups in total. The smallest absolute Gasteiger partial charge is 0.397 e. The number of nitrogens with two attached hydrogens (primary N) is 1. The van der Waals surface area contributed by atoms with Crippen LogP contribution >= 0.6 is 11.6 Å². The molecule has 0 spiro atoms. The maximum absolute atomic E-state index is 13.5. The third kappa shape index (κ3) is 2.76. The van der Waals surface area contributed by atoms with E-state index in [4.69, 9.17) is 17.3 Å². The first kappa shape index (κ1) is 13.5. The van der Waals surface area contributed by atoms with Crippen molar-refractivity contribution in [2.75, 3.05) is 5.73 Å². The lowest BCUT2D eigenvalue weighted by molar-refractivity contribution is -0.141. The van der Waals surface area contributed by atoms with Gasteiger partial charge in [-0.1, -0.05) is 11.6 Å². The quantitative estimate of drug-likeness (QED) is 0.818. The van der Waals surface area contributed by atoms with Crippen LogP contribution < -0.4 is 5.73 Å². The molecule has 3 nitrogen and oxygen atoms in total. The SMILES string of the molecule is Nc1cc(-c2cc(Cl)ccc2F)nnc1C(F)(F)F. The molecule has 0 saturated carbocycles. The minimum absolute atomic E-state index is 0.0691. The van der Waals surface area contributed by atoms with Crippen molar-refractivity contribution in [3.8, 4) is 11.3 Å². The van der Waals surface area contributed by atoms with E-state index < -0.39 is 23.4 Å². The Morgan fingerprint density at radius 3 is 2.37 bits per heavy atom. The van der Waals surface area contributed by atoms with Gasteiger partial charge < -0.3 is 5.73 Å². The summed E-state index contributed by atoms with van der Waals surface area (Å²) in [5.74, 6) is -0.683. The monoisotopic (exact) mass is 291 g/mol. The van der Waals surface area contributed by atoms with Crippen molar-refractivity contribution < 1.29 is 17.6 Å². The van der Waals surface area contributed by atoms with E-state index >= 15 is 0 Å². The number of rotatable bonds is 1. The van der Waals surface area contributed by atoms with Crippen LogP contribution in [0.1, 0.15) is 5.69 Å². The topological polar surface area (TPSA) is 51.8 Å². The fraction of sp³-hybridized carbons (Fsp3) is 0.0909. The summed E-state index contributed by atoms with van der Waals surface area (Å²) in [5, 5.41) is 6.54. The molecule has 1 aromatic heterocycles. The molecule has 0 amide bonds. The summed E-state index contributed by atoms with van der Waals surface area (Å²) >= 11 is 5.68. The second-order valence-corrected chi connectivity index (χ2v) is 4.09. The van der Waals surface area contributed by atoms with Gasteiger partial charge in [-0.15, -0.1) is 10.2 Å². The van der Waals surface area contributed by atoms with Crippen LogP contribution in [-0.4, -0.2) is 10.2 Å². The highest BCUT2D eigenvalue weighted by Crippen LogP contribution is 2.33. The number of anilines is 1. The number of alkyl halides is 3. The number of aromatic nitrogens is 2. The van der Waals surface area contributed by atoms with Gasteiger partial charge >= 0.3 is 6.18 Å². The maximum atomic E-state index is 13.5. The Balaban J connectivity index is 2.54. The molecule has 0 aliphatic carbocycles. The molecular formula is C11H6ClF4N3. The summed E-state index contributed by atoms with van der Waals surface area (Å²) < 4.78 is 50.9. The van der Waals surface area contributed by atoms with Crippen LogP contribution in [0.4, 0.5) is 23.2 Å². The largest absolute Gasteiger partial charge is 0.437 e. The van der Waals surface area contributed by atoms with Crippen molar-refractivity contribution in [2.45, 2.75) is 6.18 Å². The molecule has 0 fully saturated rings. The Hall–Kier alpha value is -1.89. The van der Waals surface area contributed by atoms with Gasteiger partial charge in [0, 0.05) is 10.6 Å². The van der Waals surface area contributed by atoms with Crippen LogP contribution in [0.25, 0.3) is 11.3 Å². The van der Waals surface area contributed by atoms with Crippen molar-refractivity contribution >= 4 is 17.3 Å².